The number of primary amides is 1. The molecule has 0 aliphatic carbocycles. The topological polar surface area (TPSA) is 467 Å². The first kappa shape index (κ1) is 84.7. The maximum Gasteiger partial charge on any atom is 0.249 e. The van der Waals surface area contributed by atoms with Gasteiger partial charge in [-0.25, -0.2) is 9.97 Å². The molecule has 104 heavy (non-hydrogen) atoms. The second kappa shape index (κ2) is 42.0. The van der Waals surface area contributed by atoms with Gasteiger partial charge in [0, 0.05) is 112 Å². The second-order valence-electron chi connectivity index (χ2n) is 28.2. The highest BCUT2D eigenvalue weighted by atomic mass is 16.3. The summed E-state index contributed by atoms with van der Waals surface area (Å²) in [4.78, 5) is 183. The third kappa shape index (κ3) is 28.0. The molecule has 0 fully saturated rings. The Labute approximate surface area is 607 Å². The number of Topliss-reactive ketones (excluding diaryl/α,β-unsaturated/α-hetero) is 5. The van der Waals surface area contributed by atoms with Crippen molar-refractivity contribution in [2.45, 2.75) is 201 Å². The van der Waals surface area contributed by atoms with E-state index >= 15 is 0 Å². The van der Waals surface area contributed by atoms with Crippen LogP contribution < -0.4 is 43.4 Å². The maximum atomic E-state index is 14.7. The first-order chi connectivity index (χ1) is 49.3. The summed E-state index contributed by atoms with van der Waals surface area (Å²) in [5, 5.41) is 57.2. The third-order valence-corrected chi connectivity index (χ3v) is 18.9. The van der Waals surface area contributed by atoms with Crippen molar-refractivity contribution < 1.29 is 78.0 Å². The molecule has 3 aromatic carbocycles. The van der Waals surface area contributed by atoms with Gasteiger partial charge in [0.05, 0.1) is 55.2 Å². The fourth-order valence-electron chi connectivity index (χ4n) is 12.2. The number of carbonyl (C=O) groups is 12. The molecule has 5 rings (SSSR count). The minimum atomic E-state index is -1.60. The molecular formula is C76H106N12O16. The number of aliphatic hydroxyl groups excluding tert-OH is 1. The van der Waals surface area contributed by atoms with Gasteiger partial charge in [0.25, 0.3) is 0 Å². The molecule has 0 saturated heterocycles. The lowest BCUT2D eigenvalue weighted by Crippen LogP contribution is -2.51. The van der Waals surface area contributed by atoms with Crippen LogP contribution in [0.1, 0.15) is 155 Å². The van der Waals surface area contributed by atoms with E-state index in [4.69, 9.17) is 11.5 Å². The van der Waals surface area contributed by atoms with Gasteiger partial charge in [0.1, 0.15) is 23.4 Å². The van der Waals surface area contributed by atoms with Crippen LogP contribution in [-0.4, -0.2) is 160 Å². The number of ketones is 5. The number of phenolic OH excluding ortho intramolecular Hbond substituents is 3. The summed E-state index contributed by atoms with van der Waals surface area (Å²) in [5.74, 6) is -14.3. The lowest BCUT2D eigenvalue weighted by molar-refractivity contribution is -0.137. The van der Waals surface area contributed by atoms with Crippen molar-refractivity contribution in [3.05, 3.63) is 126 Å². The van der Waals surface area contributed by atoms with Crippen molar-refractivity contribution in [3.63, 3.8) is 0 Å². The van der Waals surface area contributed by atoms with Crippen molar-refractivity contribution in [2.75, 3.05) is 6.54 Å². The predicted octanol–water partition coefficient (Wildman–Crippen LogP) is 4.33. The Morgan fingerprint density at radius 1 is 0.462 bits per heavy atom. The number of imidazole rings is 2. The number of H-pyrrole nitrogens is 2. The third-order valence-electron chi connectivity index (χ3n) is 18.9. The van der Waals surface area contributed by atoms with Crippen LogP contribution in [0.25, 0.3) is 0 Å². The van der Waals surface area contributed by atoms with Crippen LogP contribution in [0.15, 0.2) is 97.8 Å². The summed E-state index contributed by atoms with van der Waals surface area (Å²) in [6.07, 6.45) is 2.42. The number of carbonyl (C=O) groups excluding carboxylic acids is 12. The standard InChI is InChI=1S/C76H106N12O16/c1-10-44(7)70(66(96)33-52(30-54-38-79-40-81-54)72(100)84-53(37-77)34-55-39-80-41-82-55)87-74(102)50(27-47-12-18-56(89)19-13-47)31-63(93)60(26-42(3)4)85-69(99)25-24-62(92)46(9)83-75(103)59(43(5)6)35-64(94)61(36-68(78)98)86-73(101)51(28-48-14-20-57(90)21-15-48)32-65(95)71(45(8)11-2)88-76(104)67(97)29-49-16-22-58(91)23-17-49/h12-23,38-46,50-53,59-61,67,70-71,89-91,97H,10-11,24-37,77H2,1-9H3,(H2,78,98)(H,79,81)(H,80,82)(H,83,103)(H,84,100)(H,85,99)(H,86,101)(H,87,102)(H,88,104)/t44-,45-,46+,50-,51-,52-,53+,59+,60+,61+,67+,70+,71+/m0/s1. The summed E-state index contributed by atoms with van der Waals surface area (Å²) in [7, 11) is 0. The Kier molecular flexibility index (Phi) is 34.2. The van der Waals surface area contributed by atoms with Gasteiger partial charge in [0.2, 0.25) is 41.4 Å². The minimum absolute atomic E-state index is 0.0135. The molecule has 13 atom stereocenters. The number of aromatic hydroxyl groups is 3. The van der Waals surface area contributed by atoms with Crippen molar-refractivity contribution in [2.24, 2.45) is 58.8 Å². The van der Waals surface area contributed by atoms with Crippen molar-refractivity contribution >= 4 is 70.3 Å². The van der Waals surface area contributed by atoms with Crippen LogP contribution in [-0.2, 0) is 89.6 Å². The molecule has 0 unspecified atom stereocenters. The fraction of sp³-hybridized carbons (Fsp3) is 0.526. The molecule has 0 aliphatic rings. The molecule has 0 aliphatic heterocycles. The molecule has 0 bridgehead atoms. The van der Waals surface area contributed by atoms with Gasteiger partial charge >= 0.3 is 0 Å². The van der Waals surface area contributed by atoms with E-state index in [9.17, 15) is 78.0 Å². The van der Waals surface area contributed by atoms with Gasteiger partial charge in [-0.3, -0.25) is 57.5 Å². The summed E-state index contributed by atoms with van der Waals surface area (Å²) >= 11 is 0. The average molecular weight is 1440 g/mol. The number of aromatic nitrogens is 4. The van der Waals surface area contributed by atoms with E-state index in [-0.39, 0.29) is 68.2 Å². The molecule has 28 nitrogen and oxygen atoms in total. The van der Waals surface area contributed by atoms with Crippen molar-refractivity contribution in [3.8, 4) is 17.2 Å². The SMILES string of the molecule is CC[C@H](C)[C@@H](NC(=O)[C@H](CC(=O)[C@@H](CC(C)C)NC(=O)CCC(=O)[C@@H](C)NC(=O)[C@H](CC(=O)[C@@H](CC(N)=O)NC(=O)[C@H](CC(=O)[C@H](NC(=O)[C@H](O)Cc1ccc(O)cc1)[C@@H](C)CC)Cc1ccc(O)cc1)C(C)C)Cc1ccc(O)cc1)C(=O)C[C@H](Cc1cnc[nH]1)C(=O)N[C@@H](CN)Cc1cnc[nH]1. The summed E-state index contributed by atoms with van der Waals surface area (Å²) < 4.78 is 0. The Bertz CT molecular complexity index is 3640. The van der Waals surface area contributed by atoms with Crippen molar-refractivity contribution in [1.82, 2.24) is 51.8 Å². The molecule has 0 radical (unpaired) electrons. The molecule has 2 aromatic heterocycles. The number of nitrogens with two attached hydrogens (primary N) is 2. The number of amides is 7. The second-order valence-corrected chi connectivity index (χ2v) is 28.2. The van der Waals surface area contributed by atoms with E-state index in [0.29, 0.717) is 41.6 Å². The number of phenols is 3. The molecule has 28 heteroatoms. The number of aliphatic hydroxyl groups is 1. The molecule has 16 N–H and O–H groups in total. The normalized spacial score (nSPS) is 15.2. The lowest BCUT2D eigenvalue weighted by Gasteiger charge is -2.28. The smallest absolute Gasteiger partial charge is 0.249 e. The highest BCUT2D eigenvalue weighted by Crippen LogP contribution is 2.26. The number of hydrogen-bond acceptors (Lipinski definition) is 19. The van der Waals surface area contributed by atoms with Gasteiger partial charge < -0.3 is 73.8 Å². The fourth-order valence-corrected chi connectivity index (χ4v) is 12.2. The zero-order valence-electron chi connectivity index (χ0n) is 60.9. The highest BCUT2D eigenvalue weighted by Gasteiger charge is 2.39. The molecule has 566 valence electrons. The van der Waals surface area contributed by atoms with Gasteiger partial charge in [-0.1, -0.05) is 105 Å². The van der Waals surface area contributed by atoms with Crippen LogP contribution in [0.5, 0.6) is 17.2 Å². The Morgan fingerprint density at radius 3 is 1.34 bits per heavy atom. The Balaban J connectivity index is 1.25. The van der Waals surface area contributed by atoms with Crippen LogP contribution in [0.4, 0.5) is 0 Å². The number of benzene rings is 3. The van der Waals surface area contributed by atoms with Gasteiger partial charge in [-0.05, 0) is 103 Å². The number of aromatic amines is 2. The van der Waals surface area contributed by atoms with Crippen molar-refractivity contribution in [1.29, 1.82) is 0 Å². The van der Waals surface area contributed by atoms with Crippen LogP contribution in [0.3, 0.4) is 0 Å². The molecule has 7 amide bonds. The maximum absolute atomic E-state index is 14.7. The summed E-state index contributed by atoms with van der Waals surface area (Å²) in [6, 6.07) is 11.0. The van der Waals surface area contributed by atoms with Crippen LogP contribution in [0, 0.1) is 47.3 Å². The van der Waals surface area contributed by atoms with E-state index in [1.54, 1.807) is 59.1 Å². The summed E-state index contributed by atoms with van der Waals surface area (Å²) in [5.41, 5.74) is 14.6. The molecule has 5 aromatic rings. The predicted molar refractivity (Wildman–Crippen MR) is 386 cm³/mol. The van der Waals surface area contributed by atoms with E-state index in [0.717, 1.165) is 5.69 Å². The largest absolute Gasteiger partial charge is 0.508 e. The van der Waals surface area contributed by atoms with E-state index in [2.05, 4.69) is 51.8 Å². The number of hydrogen-bond donors (Lipinski definition) is 14. The molecule has 0 spiro atoms. The molecule has 2 heterocycles. The first-order valence-corrected chi connectivity index (χ1v) is 35.7. The van der Waals surface area contributed by atoms with Crippen LogP contribution >= 0.6 is 0 Å². The molecule has 0 saturated carbocycles. The summed E-state index contributed by atoms with van der Waals surface area (Å²) in [6.45, 7) is 15.6. The Morgan fingerprint density at radius 2 is 0.894 bits per heavy atom. The van der Waals surface area contributed by atoms with Gasteiger partial charge in [0.15, 0.2) is 28.9 Å². The van der Waals surface area contributed by atoms with Gasteiger partial charge in [-0.15, -0.1) is 0 Å². The van der Waals surface area contributed by atoms with Crippen LogP contribution in [0.2, 0.25) is 0 Å². The quantitative estimate of drug-likeness (QED) is 0.0258. The average Bonchev–Trinajstić information content (AvgIpc) is 0.875. The minimum Gasteiger partial charge on any atom is -0.508 e. The van der Waals surface area contributed by atoms with E-state index in [1.807, 2.05) is 20.8 Å². The lowest BCUT2D eigenvalue weighted by atomic mass is 9.85. The Hall–Kier alpha value is -9.96. The van der Waals surface area contributed by atoms with E-state index in [1.165, 1.54) is 80.2 Å². The number of nitrogens with one attached hydrogen (secondary N) is 8. The highest BCUT2D eigenvalue weighted by molar-refractivity contribution is 6.00. The number of rotatable bonds is 47. The molecular weight excluding hydrogens is 1340 g/mol. The monoisotopic (exact) mass is 1440 g/mol. The number of nitrogens with zero attached hydrogens (tertiary/aromatic N) is 2. The van der Waals surface area contributed by atoms with E-state index < -0.39 is 193 Å². The zero-order chi connectivity index (χ0) is 76.9. The first-order valence-electron chi connectivity index (χ1n) is 35.7. The van der Waals surface area contributed by atoms with Gasteiger partial charge in [-0.2, -0.15) is 0 Å². The zero-order valence-corrected chi connectivity index (χ0v) is 60.9.